The molecule has 0 radical (unpaired) electrons. The number of rotatable bonds is 6. The van der Waals surface area contributed by atoms with Crippen LogP contribution in [-0.2, 0) is 0 Å². The fourth-order valence-corrected chi connectivity index (χ4v) is 4.59. The van der Waals surface area contributed by atoms with Crippen LogP contribution in [0.25, 0.3) is 6.08 Å². The van der Waals surface area contributed by atoms with Crippen molar-refractivity contribution in [3.8, 4) is 23.0 Å². The molecule has 4 aromatic carbocycles. The Kier molecular flexibility index (Phi) is 6.30. The zero-order valence-corrected chi connectivity index (χ0v) is 20.1. The summed E-state index contributed by atoms with van der Waals surface area (Å²) in [4.78, 5) is 13.9. The Bertz CT molecular complexity index is 1410. The summed E-state index contributed by atoms with van der Waals surface area (Å²) in [6, 6.07) is 28.5. The summed E-state index contributed by atoms with van der Waals surface area (Å²) in [5, 5.41) is 0.621. The van der Waals surface area contributed by atoms with Crippen LogP contribution in [0.3, 0.4) is 0 Å². The van der Waals surface area contributed by atoms with E-state index >= 15 is 0 Å². The van der Waals surface area contributed by atoms with Crippen molar-refractivity contribution in [2.24, 2.45) is 0 Å². The number of allylic oxidation sites excluding steroid dienone is 1. The van der Waals surface area contributed by atoms with E-state index in [4.69, 9.17) is 25.8 Å². The number of hydrogen-bond donors (Lipinski definition) is 0. The van der Waals surface area contributed by atoms with Gasteiger partial charge in [0.25, 0.3) is 0 Å². The van der Waals surface area contributed by atoms with Gasteiger partial charge in [-0.2, -0.15) is 0 Å². The van der Waals surface area contributed by atoms with Gasteiger partial charge in [0.15, 0.2) is 17.3 Å². The highest BCUT2D eigenvalue weighted by atomic mass is 35.5. The number of carbonyl (C=O) groups is 1. The molecule has 0 spiro atoms. The van der Waals surface area contributed by atoms with E-state index in [0.29, 0.717) is 39.2 Å². The predicted octanol–water partition coefficient (Wildman–Crippen LogP) is 7.56. The van der Waals surface area contributed by atoms with Crippen LogP contribution < -0.4 is 14.2 Å². The molecule has 1 atom stereocenters. The highest BCUT2D eigenvalue weighted by Gasteiger charge is 2.38. The van der Waals surface area contributed by atoms with Crippen LogP contribution in [0.2, 0.25) is 5.02 Å². The van der Waals surface area contributed by atoms with Gasteiger partial charge in [-0.25, -0.2) is 0 Å². The van der Waals surface area contributed by atoms with Gasteiger partial charge >= 0.3 is 0 Å². The van der Waals surface area contributed by atoms with Gasteiger partial charge in [-0.15, -0.1) is 0 Å². The molecule has 0 bridgehead atoms. The normalized spacial score (nSPS) is 15.7. The third kappa shape index (κ3) is 4.41. The van der Waals surface area contributed by atoms with Crippen LogP contribution in [0.1, 0.15) is 33.0 Å². The second kappa shape index (κ2) is 9.69. The standard InChI is InChI=1S/C30H23ClO4/c1-33-25-16-11-19(18-27(25)34-2)17-24-28(20-7-4-3-5-8-20)23-9-6-10-26(29(23)30(24)32)35-22-14-12-21(31)13-15-22/h3-18,28H,1-2H3/b24-17-/t28-/m1/s1. The van der Waals surface area contributed by atoms with Crippen LogP contribution in [-0.4, -0.2) is 20.0 Å². The van der Waals surface area contributed by atoms with Crippen molar-refractivity contribution in [1.82, 2.24) is 0 Å². The van der Waals surface area contributed by atoms with Gasteiger partial charge in [-0.1, -0.05) is 60.1 Å². The Hall–Kier alpha value is -4.02. The van der Waals surface area contributed by atoms with E-state index in [1.54, 1.807) is 38.5 Å². The number of ether oxygens (including phenoxy) is 3. The second-order valence-electron chi connectivity index (χ2n) is 8.16. The van der Waals surface area contributed by atoms with Crippen LogP contribution >= 0.6 is 11.6 Å². The minimum absolute atomic E-state index is 0.0619. The molecule has 0 saturated carbocycles. The van der Waals surface area contributed by atoms with E-state index < -0.39 is 0 Å². The maximum Gasteiger partial charge on any atom is 0.194 e. The van der Waals surface area contributed by atoms with Gasteiger partial charge in [-0.05, 0) is 65.2 Å². The summed E-state index contributed by atoms with van der Waals surface area (Å²) in [6.07, 6.45) is 1.92. The van der Waals surface area contributed by atoms with Gasteiger partial charge in [0, 0.05) is 16.5 Å². The fraction of sp³-hybridized carbons (Fsp3) is 0.100. The lowest BCUT2D eigenvalue weighted by Crippen LogP contribution is -2.02. The molecule has 5 rings (SSSR count). The maximum absolute atomic E-state index is 13.9. The third-order valence-electron chi connectivity index (χ3n) is 6.07. The van der Waals surface area contributed by atoms with Crippen LogP contribution in [0.15, 0.2) is 96.6 Å². The van der Waals surface area contributed by atoms with E-state index in [-0.39, 0.29) is 11.7 Å². The molecule has 4 aromatic rings. The summed E-state index contributed by atoms with van der Waals surface area (Å²) >= 11 is 6.02. The molecule has 0 unspecified atom stereocenters. The van der Waals surface area contributed by atoms with Crippen molar-refractivity contribution in [3.63, 3.8) is 0 Å². The molecule has 0 N–H and O–H groups in total. The SMILES string of the molecule is COc1ccc(/C=C2\C(=O)c3c(Oc4ccc(Cl)cc4)cccc3[C@H]2c2ccccc2)cc1OC. The van der Waals surface area contributed by atoms with Crippen molar-refractivity contribution in [3.05, 3.63) is 124 Å². The number of ketones is 1. The van der Waals surface area contributed by atoms with Crippen molar-refractivity contribution in [2.45, 2.75) is 5.92 Å². The summed E-state index contributed by atoms with van der Waals surface area (Å²) in [7, 11) is 3.19. The first-order valence-electron chi connectivity index (χ1n) is 11.2. The Labute approximate surface area is 209 Å². The van der Waals surface area contributed by atoms with E-state index in [2.05, 4.69) is 0 Å². The summed E-state index contributed by atoms with van der Waals surface area (Å²) in [5.41, 5.74) is 4.04. The number of hydrogen-bond acceptors (Lipinski definition) is 4. The fourth-order valence-electron chi connectivity index (χ4n) is 4.46. The van der Waals surface area contributed by atoms with Gasteiger partial charge in [-0.3, -0.25) is 4.79 Å². The average molecular weight is 483 g/mol. The molecule has 0 amide bonds. The molecule has 0 heterocycles. The lowest BCUT2D eigenvalue weighted by Gasteiger charge is -2.15. The molecule has 1 aliphatic rings. The monoisotopic (exact) mass is 482 g/mol. The zero-order valence-electron chi connectivity index (χ0n) is 19.3. The number of halogens is 1. The van der Waals surface area contributed by atoms with E-state index in [0.717, 1.165) is 16.7 Å². The Morgan fingerprint density at radius 1 is 0.771 bits per heavy atom. The Morgan fingerprint density at radius 3 is 2.23 bits per heavy atom. The summed E-state index contributed by atoms with van der Waals surface area (Å²) in [5.74, 6) is 2.09. The summed E-state index contributed by atoms with van der Waals surface area (Å²) in [6.45, 7) is 0. The maximum atomic E-state index is 13.9. The highest BCUT2D eigenvalue weighted by Crippen LogP contribution is 2.47. The number of carbonyl (C=O) groups excluding carboxylic acids is 1. The van der Waals surface area contributed by atoms with Gasteiger partial charge in [0.2, 0.25) is 0 Å². The summed E-state index contributed by atoms with van der Waals surface area (Å²) < 4.78 is 17.0. The number of Topliss-reactive ketones (excluding diaryl/α,β-unsaturated/α-hetero) is 1. The molecule has 0 saturated heterocycles. The van der Waals surface area contributed by atoms with Crippen molar-refractivity contribution < 1.29 is 19.0 Å². The molecular weight excluding hydrogens is 460 g/mol. The van der Waals surface area contributed by atoms with Gasteiger partial charge < -0.3 is 14.2 Å². The quantitative estimate of drug-likeness (QED) is 0.266. The molecule has 4 nitrogen and oxygen atoms in total. The smallest absolute Gasteiger partial charge is 0.194 e. The van der Waals surface area contributed by atoms with Gasteiger partial charge in [0.05, 0.1) is 19.8 Å². The number of benzene rings is 4. The molecule has 174 valence electrons. The number of methoxy groups -OCH3 is 2. The number of fused-ring (bicyclic) bond motifs is 1. The Balaban J connectivity index is 1.64. The first-order chi connectivity index (χ1) is 17.1. The van der Waals surface area contributed by atoms with E-state index in [9.17, 15) is 4.79 Å². The zero-order chi connectivity index (χ0) is 24.4. The highest BCUT2D eigenvalue weighted by molar-refractivity contribution is 6.30. The van der Waals surface area contributed by atoms with Crippen molar-refractivity contribution in [2.75, 3.05) is 14.2 Å². The van der Waals surface area contributed by atoms with Crippen LogP contribution in [0.5, 0.6) is 23.0 Å². The first-order valence-corrected chi connectivity index (χ1v) is 11.6. The van der Waals surface area contributed by atoms with Crippen molar-refractivity contribution in [1.29, 1.82) is 0 Å². The third-order valence-corrected chi connectivity index (χ3v) is 6.33. The molecule has 1 aliphatic carbocycles. The molecule has 0 aliphatic heterocycles. The Morgan fingerprint density at radius 2 is 1.51 bits per heavy atom. The predicted molar refractivity (Wildman–Crippen MR) is 138 cm³/mol. The molecule has 5 heteroatoms. The second-order valence-corrected chi connectivity index (χ2v) is 8.60. The minimum Gasteiger partial charge on any atom is -0.493 e. The molecule has 35 heavy (non-hydrogen) atoms. The molecule has 0 fully saturated rings. The van der Waals surface area contributed by atoms with Crippen LogP contribution in [0, 0.1) is 0 Å². The van der Waals surface area contributed by atoms with E-state index in [1.165, 1.54) is 0 Å². The molecular formula is C30H23ClO4. The first kappa shape index (κ1) is 22.8. The molecule has 0 aromatic heterocycles. The largest absolute Gasteiger partial charge is 0.493 e. The minimum atomic E-state index is -0.222. The lowest BCUT2D eigenvalue weighted by molar-refractivity contribution is 0.103. The van der Waals surface area contributed by atoms with Crippen molar-refractivity contribution >= 4 is 23.5 Å². The van der Waals surface area contributed by atoms with Gasteiger partial charge in [0.1, 0.15) is 11.5 Å². The van der Waals surface area contributed by atoms with Crippen LogP contribution in [0.4, 0.5) is 0 Å². The average Bonchev–Trinajstić information content (AvgIpc) is 3.17. The topological polar surface area (TPSA) is 44.8 Å². The van der Waals surface area contributed by atoms with E-state index in [1.807, 2.05) is 72.8 Å². The lowest BCUT2D eigenvalue weighted by atomic mass is 9.89.